The lowest BCUT2D eigenvalue weighted by Crippen LogP contribution is -2.47. The van der Waals surface area contributed by atoms with Gasteiger partial charge in [0.1, 0.15) is 0 Å². The Hall–Kier alpha value is -0.0400. The van der Waals surface area contributed by atoms with Crippen LogP contribution in [-0.4, -0.2) is 12.2 Å². The summed E-state index contributed by atoms with van der Waals surface area (Å²) < 4.78 is 6.07. The normalized spacial score (nSPS) is 30.5. The highest BCUT2D eigenvalue weighted by atomic mass is 16.5. The van der Waals surface area contributed by atoms with Gasteiger partial charge in [0.15, 0.2) is 0 Å². The molecule has 0 aromatic heterocycles. The van der Waals surface area contributed by atoms with Crippen molar-refractivity contribution in [1.82, 2.24) is 0 Å². The van der Waals surface area contributed by atoms with Gasteiger partial charge in [0, 0.05) is 6.61 Å². The molecular weight excluding hydrogens is 160 g/mol. The Morgan fingerprint density at radius 3 is 2.31 bits per heavy atom. The van der Waals surface area contributed by atoms with Gasteiger partial charge in [0.2, 0.25) is 0 Å². The van der Waals surface area contributed by atoms with E-state index in [4.69, 9.17) is 4.74 Å². The van der Waals surface area contributed by atoms with Crippen LogP contribution in [0.4, 0.5) is 0 Å². The van der Waals surface area contributed by atoms with Crippen LogP contribution in [0, 0.1) is 5.41 Å². The third-order valence-electron chi connectivity index (χ3n) is 3.37. The van der Waals surface area contributed by atoms with E-state index in [1.807, 2.05) is 0 Å². The molecule has 0 N–H and O–H groups in total. The van der Waals surface area contributed by atoms with E-state index in [1.165, 1.54) is 32.1 Å². The van der Waals surface area contributed by atoms with Crippen molar-refractivity contribution >= 4 is 0 Å². The molecule has 1 aliphatic rings. The highest BCUT2D eigenvalue weighted by Crippen LogP contribution is 2.43. The number of rotatable bonds is 2. The van der Waals surface area contributed by atoms with Crippen molar-refractivity contribution in [2.24, 2.45) is 5.41 Å². The summed E-state index contributed by atoms with van der Waals surface area (Å²) in [5.41, 5.74) is 0.462. The first-order valence-corrected chi connectivity index (χ1v) is 5.66. The van der Waals surface area contributed by atoms with Gasteiger partial charge in [-0.25, -0.2) is 0 Å². The van der Waals surface area contributed by atoms with Crippen LogP contribution in [0.5, 0.6) is 0 Å². The molecule has 0 aromatic rings. The molecule has 1 fully saturated rings. The van der Waals surface area contributed by atoms with E-state index in [0.29, 0.717) is 5.41 Å². The van der Waals surface area contributed by atoms with Gasteiger partial charge >= 0.3 is 0 Å². The predicted molar refractivity (Wildman–Crippen MR) is 56.9 cm³/mol. The molecule has 78 valence electrons. The molecule has 1 aliphatic heterocycles. The van der Waals surface area contributed by atoms with Gasteiger partial charge in [0.05, 0.1) is 5.60 Å². The molecular formula is C12H24O. The first-order valence-electron chi connectivity index (χ1n) is 5.66. The third-order valence-corrected chi connectivity index (χ3v) is 3.37. The van der Waals surface area contributed by atoms with Crippen LogP contribution in [0.2, 0.25) is 0 Å². The highest BCUT2D eigenvalue weighted by molar-refractivity contribution is 4.93. The molecule has 0 amide bonds. The lowest BCUT2D eigenvalue weighted by molar-refractivity contribution is -0.148. The van der Waals surface area contributed by atoms with E-state index >= 15 is 0 Å². The molecule has 1 atom stereocenters. The van der Waals surface area contributed by atoms with Crippen LogP contribution in [0.1, 0.15) is 59.8 Å². The van der Waals surface area contributed by atoms with Crippen molar-refractivity contribution in [3.63, 3.8) is 0 Å². The minimum absolute atomic E-state index is 0.167. The predicted octanol–water partition coefficient (Wildman–Crippen LogP) is 3.77. The van der Waals surface area contributed by atoms with Crippen molar-refractivity contribution in [2.45, 2.75) is 65.4 Å². The van der Waals surface area contributed by atoms with E-state index in [1.54, 1.807) is 0 Å². The molecule has 1 heterocycles. The van der Waals surface area contributed by atoms with Crippen LogP contribution in [0.15, 0.2) is 0 Å². The van der Waals surface area contributed by atoms with Crippen LogP contribution in [-0.2, 0) is 4.74 Å². The summed E-state index contributed by atoms with van der Waals surface area (Å²) in [5.74, 6) is 0. The second-order valence-corrected chi connectivity index (χ2v) is 5.30. The van der Waals surface area contributed by atoms with Gasteiger partial charge in [-0.05, 0) is 31.1 Å². The number of hydrogen-bond donors (Lipinski definition) is 0. The maximum atomic E-state index is 6.07. The molecule has 13 heavy (non-hydrogen) atoms. The number of ether oxygens (including phenoxy) is 1. The summed E-state index contributed by atoms with van der Waals surface area (Å²) in [4.78, 5) is 0. The fourth-order valence-electron chi connectivity index (χ4n) is 2.42. The van der Waals surface area contributed by atoms with Gasteiger partial charge in [-0.3, -0.25) is 0 Å². The Bertz CT molecular complexity index is 143. The van der Waals surface area contributed by atoms with Gasteiger partial charge in [0.25, 0.3) is 0 Å². The maximum Gasteiger partial charge on any atom is 0.0730 e. The first-order chi connectivity index (χ1) is 6.02. The van der Waals surface area contributed by atoms with E-state index in [2.05, 4.69) is 27.7 Å². The SMILES string of the molecule is CCCC1(C(C)(C)C)CCCCO1. The molecule has 1 unspecified atom stereocenters. The summed E-state index contributed by atoms with van der Waals surface area (Å²) in [7, 11) is 0. The molecule has 0 saturated carbocycles. The first kappa shape index (κ1) is 11.0. The summed E-state index contributed by atoms with van der Waals surface area (Å²) in [6, 6.07) is 0. The Kier molecular flexibility index (Phi) is 3.39. The average molecular weight is 184 g/mol. The summed E-state index contributed by atoms with van der Waals surface area (Å²) in [6.07, 6.45) is 6.30. The smallest absolute Gasteiger partial charge is 0.0730 e. The van der Waals surface area contributed by atoms with Crippen LogP contribution >= 0.6 is 0 Å². The minimum Gasteiger partial charge on any atom is -0.374 e. The summed E-state index contributed by atoms with van der Waals surface area (Å²) in [5, 5.41) is 0. The van der Waals surface area contributed by atoms with Crippen molar-refractivity contribution in [3.8, 4) is 0 Å². The third kappa shape index (κ3) is 2.25. The van der Waals surface area contributed by atoms with Gasteiger partial charge < -0.3 is 4.74 Å². The summed E-state index contributed by atoms with van der Waals surface area (Å²) >= 11 is 0. The molecule has 1 rings (SSSR count). The Labute approximate surface area is 82.9 Å². The maximum absolute atomic E-state index is 6.07. The molecule has 0 radical (unpaired) electrons. The zero-order valence-corrected chi connectivity index (χ0v) is 9.65. The van der Waals surface area contributed by atoms with Crippen molar-refractivity contribution < 1.29 is 4.74 Å². The van der Waals surface area contributed by atoms with Gasteiger partial charge in [-0.1, -0.05) is 34.1 Å². The van der Waals surface area contributed by atoms with E-state index in [-0.39, 0.29) is 5.60 Å². The zero-order chi connectivity index (χ0) is 9.95. The van der Waals surface area contributed by atoms with Crippen molar-refractivity contribution in [1.29, 1.82) is 0 Å². The van der Waals surface area contributed by atoms with Crippen LogP contribution in [0.3, 0.4) is 0 Å². The molecule has 0 aliphatic carbocycles. The standard InChI is InChI=1S/C12H24O/c1-5-8-12(11(2,3)4)9-6-7-10-13-12/h5-10H2,1-4H3. The molecule has 0 aromatic carbocycles. The Balaban J connectivity index is 2.73. The van der Waals surface area contributed by atoms with Crippen molar-refractivity contribution in [2.75, 3.05) is 6.61 Å². The largest absolute Gasteiger partial charge is 0.374 e. The summed E-state index contributed by atoms with van der Waals surface area (Å²) in [6.45, 7) is 10.2. The van der Waals surface area contributed by atoms with Crippen molar-refractivity contribution in [3.05, 3.63) is 0 Å². The lowest BCUT2D eigenvalue weighted by atomic mass is 9.70. The fourth-order valence-corrected chi connectivity index (χ4v) is 2.42. The zero-order valence-electron chi connectivity index (χ0n) is 9.65. The van der Waals surface area contributed by atoms with E-state index in [9.17, 15) is 0 Å². The molecule has 0 bridgehead atoms. The lowest BCUT2D eigenvalue weighted by Gasteiger charge is -2.47. The Morgan fingerprint density at radius 1 is 1.23 bits per heavy atom. The molecule has 0 spiro atoms. The second-order valence-electron chi connectivity index (χ2n) is 5.30. The van der Waals surface area contributed by atoms with Gasteiger partial charge in [-0.15, -0.1) is 0 Å². The minimum atomic E-state index is 0.167. The number of hydrogen-bond acceptors (Lipinski definition) is 1. The molecule has 1 saturated heterocycles. The monoisotopic (exact) mass is 184 g/mol. The fraction of sp³-hybridized carbons (Fsp3) is 1.00. The topological polar surface area (TPSA) is 9.23 Å². The van der Waals surface area contributed by atoms with Gasteiger partial charge in [-0.2, -0.15) is 0 Å². The molecule has 1 nitrogen and oxygen atoms in total. The quantitative estimate of drug-likeness (QED) is 0.634. The van der Waals surface area contributed by atoms with E-state index < -0.39 is 0 Å². The average Bonchev–Trinajstić information content (AvgIpc) is 2.04. The highest BCUT2D eigenvalue weighted by Gasteiger charge is 2.42. The molecule has 1 heteroatoms. The van der Waals surface area contributed by atoms with Crippen LogP contribution < -0.4 is 0 Å². The van der Waals surface area contributed by atoms with Crippen LogP contribution in [0.25, 0.3) is 0 Å². The van der Waals surface area contributed by atoms with E-state index in [0.717, 1.165) is 6.61 Å². The second kappa shape index (κ2) is 4.00. The Morgan fingerprint density at radius 2 is 1.92 bits per heavy atom.